The molecular formula is C33H23N3. The van der Waals surface area contributed by atoms with Crippen LogP contribution in [0.3, 0.4) is 0 Å². The topological polar surface area (TPSA) is 37.8 Å². The van der Waals surface area contributed by atoms with Gasteiger partial charge in [-0.1, -0.05) is 91.1 Å². The molecule has 3 heteroatoms. The SMILES string of the molecule is C1=Cc2ccc3ccc(-c4ccc(C5=C6C=Cc7cccc8c7C6C(C=C5)C=C8)cn4)nc3c2NC1. The van der Waals surface area contributed by atoms with Crippen molar-refractivity contribution < 1.29 is 0 Å². The predicted octanol–water partition coefficient (Wildman–Crippen LogP) is 7.51. The van der Waals surface area contributed by atoms with Gasteiger partial charge in [0.25, 0.3) is 0 Å². The summed E-state index contributed by atoms with van der Waals surface area (Å²) in [5, 5.41) is 4.62. The smallest absolute Gasteiger partial charge is 0.0947 e. The van der Waals surface area contributed by atoms with E-state index in [-0.39, 0.29) is 0 Å². The Labute approximate surface area is 209 Å². The van der Waals surface area contributed by atoms with Gasteiger partial charge in [0.2, 0.25) is 0 Å². The highest BCUT2D eigenvalue weighted by molar-refractivity contribution is 5.97. The molecule has 4 aliphatic rings. The number of benzene rings is 2. The zero-order valence-electron chi connectivity index (χ0n) is 19.6. The number of allylic oxidation sites excluding steroid dienone is 6. The summed E-state index contributed by atoms with van der Waals surface area (Å²) in [5.41, 5.74) is 13.0. The van der Waals surface area contributed by atoms with Gasteiger partial charge in [-0.3, -0.25) is 4.98 Å². The molecule has 2 atom stereocenters. The molecule has 36 heavy (non-hydrogen) atoms. The lowest BCUT2D eigenvalue weighted by molar-refractivity contribution is 0.667. The molecule has 0 spiro atoms. The zero-order chi connectivity index (χ0) is 23.6. The second-order valence-corrected chi connectivity index (χ2v) is 9.84. The van der Waals surface area contributed by atoms with Crippen molar-refractivity contribution in [3.8, 4) is 11.4 Å². The minimum Gasteiger partial charge on any atom is -0.379 e. The second kappa shape index (κ2) is 7.50. The Morgan fingerprint density at radius 2 is 1.61 bits per heavy atom. The summed E-state index contributed by atoms with van der Waals surface area (Å²) in [6, 6.07) is 19.4. The molecule has 2 unspecified atom stereocenters. The monoisotopic (exact) mass is 461 g/mol. The molecule has 2 aromatic carbocycles. The van der Waals surface area contributed by atoms with Crippen molar-refractivity contribution >= 4 is 40.4 Å². The van der Waals surface area contributed by atoms with Crippen LogP contribution < -0.4 is 5.32 Å². The lowest BCUT2D eigenvalue weighted by Gasteiger charge is -2.36. The molecule has 0 amide bonds. The number of hydrogen-bond acceptors (Lipinski definition) is 3. The summed E-state index contributed by atoms with van der Waals surface area (Å²) in [5.74, 6) is 0.784. The van der Waals surface area contributed by atoms with Crippen LogP contribution in [0.4, 0.5) is 5.69 Å². The number of aromatic nitrogens is 2. The van der Waals surface area contributed by atoms with Crippen LogP contribution in [-0.4, -0.2) is 16.5 Å². The Morgan fingerprint density at radius 3 is 2.53 bits per heavy atom. The molecule has 3 aliphatic carbocycles. The van der Waals surface area contributed by atoms with Gasteiger partial charge < -0.3 is 5.32 Å². The molecule has 0 radical (unpaired) electrons. The van der Waals surface area contributed by atoms with Gasteiger partial charge in [-0.2, -0.15) is 0 Å². The molecular weight excluding hydrogens is 438 g/mol. The molecule has 0 fully saturated rings. The fraction of sp³-hybridized carbons (Fsp3) is 0.0909. The first-order valence-electron chi connectivity index (χ1n) is 12.6. The number of hydrogen-bond donors (Lipinski definition) is 1. The normalized spacial score (nSPS) is 20.3. The van der Waals surface area contributed by atoms with Crippen LogP contribution in [0.5, 0.6) is 0 Å². The van der Waals surface area contributed by atoms with Gasteiger partial charge >= 0.3 is 0 Å². The van der Waals surface area contributed by atoms with Crippen molar-refractivity contribution in [3.63, 3.8) is 0 Å². The van der Waals surface area contributed by atoms with E-state index in [1.54, 1.807) is 0 Å². The number of pyridine rings is 2. The number of rotatable bonds is 2. The van der Waals surface area contributed by atoms with Crippen LogP contribution in [0.1, 0.15) is 33.7 Å². The maximum atomic E-state index is 5.02. The molecule has 170 valence electrons. The highest BCUT2D eigenvalue weighted by Gasteiger charge is 2.34. The van der Waals surface area contributed by atoms with E-state index in [0.29, 0.717) is 11.8 Å². The van der Waals surface area contributed by atoms with Crippen molar-refractivity contribution in [1.29, 1.82) is 0 Å². The largest absolute Gasteiger partial charge is 0.379 e. The third kappa shape index (κ3) is 2.86. The lowest BCUT2D eigenvalue weighted by atomic mass is 9.67. The van der Waals surface area contributed by atoms with E-state index >= 15 is 0 Å². The van der Waals surface area contributed by atoms with E-state index in [1.165, 1.54) is 33.4 Å². The Balaban J connectivity index is 1.20. The molecule has 0 saturated carbocycles. The second-order valence-electron chi connectivity index (χ2n) is 9.84. The first-order chi connectivity index (χ1) is 17.8. The highest BCUT2D eigenvalue weighted by Crippen LogP contribution is 2.50. The molecule has 0 bridgehead atoms. The average molecular weight is 462 g/mol. The molecule has 4 aromatic rings. The van der Waals surface area contributed by atoms with Crippen molar-refractivity contribution in [3.05, 3.63) is 125 Å². The maximum Gasteiger partial charge on any atom is 0.0947 e. The van der Waals surface area contributed by atoms with E-state index in [2.05, 4.69) is 109 Å². The first kappa shape index (κ1) is 19.8. The number of nitrogens with zero attached hydrogens (tertiary/aromatic N) is 2. The first-order valence-corrected chi connectivity index (χ1v) is 12.6. The number of nitrogens with one attached hydrogen (secondary N) is 1. The van der Waals surface area contributed by atoms with Crippen molar-refractivity contribution in [1.82, 2.24) is 9.97 Å². The van der Waals surface area contributed by atoms with Crippen LogP contribution in [-0.2, 0) is 0 Å². The Morgan fingerprint density at radius 1 is 0.750 bits per heavy atom. The third-order valence-corrected chi connectivity index (χ3v) is 7.87. The van der Waals surface area contributed by atoms with Gasteiger partial charge in [0.1, 0.15) is 0 Å². The van der Waals surface area contributed by atoms with Gasteiger partial charge in [0, 0.05) is 35.5 Å². The van der Waals surface area contributed by atoms with Crippen LogP contribution in [0.15, 0.2) is 96.7 Å². The van der Waals surface area contributed by atoms with Crippen LogP contribution in [0.25, 0.3) is 46.1 Å². The van der Waals surface area contributed by atoms with E-state index < -0.39 is 0 Å². The summed E-state index contributed by atoms with van der Waals surface area (Å²) in [4.78, 5) is 9.89. The standard InChI is InChI=1S/C33H23N3/c1-3-20-6-7-22-10-14-26(27-15-11-21(4-1)30(20)31(22)27)25-13-16-28(35-19-25)29-17-12-24-9-8-23-5-2-18-34-32(23)33(24)36-29/h1-17,19,22,31,34H,18H2. The molecule has 3 nitrogen and oxygen atoms in total. The number of anilines is 1. The van der Waals surface area contributed by atoms with Gasteiger partial charge in [-0.15, -0.1) is 0 Å². The van der Waals surface area contributed by atoms with Crippen LogP contribution in [0, 0.1) is 5.92 Å². The third-order valence-electron chi connectivity index (χ3n) is 7.87. The number of fused-ring (bicyclic) bond motifs is 3. The van der Waals surface area contributed by atoms with Crippen molar-refractivity contribution in [2.45, 2.75) is 5.92 Å². The molecule has 1 aliphatic heterocycles. The Bertz CT molecular complexity index is 1730. The van der Waals surface area contributed by atoms with Crippen LogP contribution >= 0.6 is 0 Å². The van der Waals surface area contributed by atoms with E-state index in [1.807, 2.05) is 6.20 Å². The van der Waals surface area contributed by atoms with E-state index in [4.69, 9.17) is 9.97 Å². The Kier molecular flexibility index (Phi) is 4.12. The molecule has 8 rings (SSSR count). The minimum absolute atomic E-state index is 0.376. The highest BCUT2D eigenvalue weighted by atomic mass is 14.9. The maximum absolute atomic E-state index is 5.02. The summed E-state index contributed by atoms with van der Waals surface area (Å²) in [6.07, 6.45) is 20.1. The summed E-state index contributed by atoms with van der Waals surface area (Å²) in [7, 11) is 0. The van der Waals surface area contributed by atoms with Gasteiger partial charge in [-0.25, -0.2) is 4.98 Å². The molecule has 0 saturated heterocycles. The molecule has 3 heterocycles. The van der Waals surface area contributed by atoms with Gasteiger partial charge in [0.15, 0.2) is 0 Å². The fourth-order valence-corrected chi connectivity index (χ4v) is 6.14. The summed E-state index contributed by atoms with van der Waals surface area (Å²) < 4.78 is 0. The van der Waals surface area contributed by atoms with E-state index in [9.17, 15) is 0 Å². The molecule has 2 aromatic heterocycles. The quantitative estimate of drug-likeness (QED) is 0.336. The van der Waals surface area contributed by atoms with Crippen molar-refractivity contribution in [2.75, 3.05) is 11.9 Å². The predicted molar refractivity (Wildman–Crippen MR) is 149 cm³/mol. The molecule has 1 N–H and O–H groups in total. The fourth-order valence-electron chi connectivity index (χ4n) is 6.14. The van der Waals surface area contributed by atoms with Crippen LogP contribution in [0.2, 0.25) is 0 Å². The zero-order valence-corrected chi connectivity index (χ0v) is 19.6. The summed E-state index contributed by atoms with van der Waals surface area (Å²) >= 11 is 0. The average Bonchev–Trinajstić information content (AvgIpc) is 2.95. The van der Waals surface area contributed by atoms with Crippen molar-refractivity contribution in [2.24, 2.45) is 5.92 Å². The van der Waals surface area contributed by atoms with Gasteiger partial charge in [0.05, 0.1) is 22.6 Å². The minimum atomic E-state index is 0.376. The Hall–Kier alpha value is -4.50. The van der Waals surface area contributed by atoms with Gasteiger partial charge in [-0.05, 0) is 45.5 Å². The summed E-state index contributed by atoms with van der Waals surface area (Å²) in [6.45, 7) is 0.827. The lowest BCUT2D eigenvalue weighted by Crippen LogP contribution is -2.21. The van der Waals surface area contributed by atoms with E-state index in [0.717, 1.165) is 40.1 Å².